The molecule has 0 saturated heterocycles. The van der Waals surface area contributed by atoms with E-state index >= 15 is 0 Å². The van der Waals surface area contributed by atoms with Crippen LogP contribution in [0.5, 0.6) is 5.75 Å². The number of amides is 1. The van der Waals surface area contributed by atoms with Crippen molar-refractivity contribution in [3.63, 3.8) is 0 Å². The summed E-state index contributed by atoms with van der Waals surface area (Å²) in [6.07, 6.45) is 0. The van der Waals surface area contributed by atoms with Crippen LogP contribution in [0, 0.1) is 27.7 Å². The molecule has 0 aliphatic heterocycles. The topological polar surface area (TPSA) is 69.0 Å². The van der Waals surface area contributed by atoms with Crippen molar-refractivity contribution in [1.82, 2.24) is 20.1 Å². The first-order valence-corrected chi connectivity index (χ1v) is 10.2. The standard InChI is InChI=1S/C25H26N4O2/c1-15-23-17(3)29(18(4)24(23)16(2)28-27-15)21-12-10-19(11-13-21)25(30)26-14-20-8-6-7-9-22(20)31-5/h6-13H,14H2,1-5H3,(H,26,30). The number of ether oxygens (including phenoxy) is 1. The number of methoxy groups -OCH3 is 1. The van der Waals surface area contributed by atoms with Crippen LogP contribution < -0.4 is 10.1 Å². The van der Waals surface area contributed by atoms with E-state index in [4.69, 9.17) is 4.74 Å². The van der Waals surface area contributed by atoms with Gasteiger partial charge in [0.2, 0.25) is 0 Å². The number of benzene rings is 2. The predicted octanol–water partition coefficient (Wildman–Crippen LogP) is 4.59. The molecule has 0 bridgehead atoms. The van der Waals surface area contributed by atoms with Gasteiger partial charge in [-0.3, -0.25) is 4.79 Å². The van der Waals surface area contributed by atoms with E-state index in [9.17, 15) is 4.79 Å². The molecule has 2 heterocycles. The van der Waals surface area contributed by atoms with Crippen LogP contribution in [-0.4, -0.2) is 27.8 Å². The van der Waals surface area contributed by atoms with Gasteiger partial charge in [-0.05, 0) is 58.0 Å². The molecule has 4 aromatic rings. The molecule has 0 fully saturated rings. The Morgan fingerprint density at radius 2 is 1.48 bits per heavy atom. The number of carbonyl (C=O) groups excluding carboxylic acids is 1. The van der Waals surface area contributed by atoms with E-state index in [1.165, 1.54) is 0 Å². The Morgan fingerprint density at radius 1 is 0.903 bits per heavy atom. The number of rotatable bonds is 5. The third-order valence-electron chi connectivity index (χ3n) is 5.74. The van der Waals surface area contributed by atoms with E-state index < -0.39 is 0 Å². The highest BCUT2D eigenvalue weighted by Gasteiger charge is 2.18. The number of aryl methyl sites for hydroxylation is 4. The maximum atomic E-state index is 12.7. The minimum atomic E-state index is -0.122. The van der Waals surface area contributed by atoms with E-state index in [1.54, 1.807) is 7.11 Å². The van der Waals surface area contributed by atoms with Gasteiger partial charge >= 0.3 is 0 Å². The van der Waals surface area contributed by atoms with Crippen molar-refractivity contribution in [2.45, 2.75) is 34.2 Å². The summed E-state index contributed by atoms with van der Waals surface area (Å²) in [5.74, 6) is 0.641. The van der Waals surface area contributed by atoms with Crippen molar-refractivity contribution in [2.24, 2.45) is 0 Å². The van der Waals surface area contributed by atoms with Crippen LogP contribution in [0.25, 0.3) is 16.5 Å². The highest BCUT2D eigenvalue weighted by atomic mass is 16.5. The summed E-state index contributed by atoms with van der Waals surface area (Å²) in [6.45, 7) is 8.57. The van der Waals surface area contributed by atoms with Gasteiger partial charge in [0.05, 0.1) is 18.5 Å². The van der Waals surface area contributed by atoms with E-state index in [0.29, 0.717) is 12.1 Å². The Morgan fingerprint density at radius 3 is 2.06 bits per heavy atom. The van der Waals surface area contributed by atoms with Crippen LogP contribution in [0.1, 0.15) is 38.7 Å². The Kier molecular flexibility index (Phi) is 5.46. The van der Waals surface area contributed by atoms with Crippen molar-refractivity contribution >= 4 is 16.7 Å². The molecular formula is C25H26N4O2. The summed E-state index contributed by atoms with van der Waals surface area (Å²) in [5.41, 5.74) is 6.65. The second kappa shape index (κ2) is 8.22. The van der Waals surface area contributed by atoms with Gasteiger partial charge in [-0.25, -0.2) is 0 Å². The molecule has 0 aliphatic carbocycles. The molecule has 1 amide bonds. The molecule has 0 unspecified atom stereocenters. The second-order valence-electron chi connectivity index (χ2n) is 7.67. The van der Waals surface area contributed by atoms with Crippen LogP contribution in [0.2, 0.25) is 0 Å². The lowest BCUT2D eigenvalue weighted by molar-refractivity contribution is 0.0950. The normalized spacial score (nSPS) is 11.0. The molecule has 0 spiro atoms. The van der Waals surface area contributed by atoms with E-state index in [2.05, 4.69) is 33.9 Å². The lowest BCUT2D eigenvalue weighted by Gasteiger charge is -2.12. The molecule has 2 aromatic heterocycles. The zero-order chi connectivity index (χ0) is 22.1. The van der Waals surface area contributed by atoms with Gasteiger partial charge in [0, 0.05) is 45.5 Å². The average molecular weight is 415 g/mol. The Hall–Kier alpha value is -3.67. The average Bonchev–Trinajstić information content (AvgIpc) is 3.06. The lowest BCUT2D eigenvalue weighted by atomic mass is 10.1. The van der Waals surface area contributed by atoms with Crippen LogP contribution >= 0.6 is 0 Å². The van der Waals surface area contributed by atoms with Gasteiger partial charge in [-0.1, -0.05) is 18.2 Å². The van der Waals surface area contributed by atoms with Gasteiger partial charge in [-0.2, -0.15) is 10.2 Å². The van der Waals surface area contributed by atoms with Gasteiger partial charge in [0.25, 0.3) is 5.91 Å². The second-order valence-corrected chi connectivity index (χ2v) is 7.67. The molecule has 0 aliphatic rings. The molecule has 158 valence electrons. The summed E-state index contributed by atoms with van der Waals surface area (Å²) in [7, 11) is 1.63. The van der Waals surface area contributed by atoms with Crippen LogP contribution in [0.3, 0.4) is 0 Å². The first-order chi connectivity index (χ1) is 14.9. The van der Waals surface area contributed by atoms with Gasteiger partial charge < -0.3 is 14.6 Å². The molecule has 2 aromatic carbocycles. The van der Waals surface area contributed by atoms with Crippen LogP contribution in [0.4, 0.5) is 0 Å². The number of fused-ring (bicyclic) bond motifs is 1. The monoisotopic (exact) mass is 414 g/mol. The highest BCUT2D eigenvalue weighted by molar-refractivity contribution is 5.95. The number of nitrogens with zero attached hydrogens (tertiary/aromatic N) is 3. The Labute approximate surface area is 181 Å². The first kappa shape index (κ1) is 20.6. The summed E-state index contributed by atoms with van der Waals surface area (Å²) in [6, 6.07) is 15.3. The lowest BCUT2D eigenvalue weighted by Crippen LogP contribution is -2.23. The Balaban J connectivity index is 1.60. The van der Waals surface area contributed by atoms with E-state index in [1.807, 2.05) is 62.4 Å². The molecule has 0 atom stereocenters. The summed E-state index contributed by atoms with van der Waals surface area (Å²) >= 11 is 0. The fraction of sp³-hybridized carbons (Fsp3) is 0.240. The minimum Gasteiger partial charge on any atom is -0.496 e. The van der Waals surface area contributed by atoms with Crippen molar-refractivity contribution in [3.8, 4) is 11.4 Å². The summed E-state index contributed by atoms with van der Waals surface area (Å²) in [4.78, 5) is 12.7. The molecule has 0 radical (unpaired) electrons. The van der Waals surface area contributed by atoms with E-state index in [0.717, 1.165) is 50.5 Å². The fourth-order valence-electron chi connectivity index (χ4n) is 4.25. The minimum absolute atomic E-state index is 0.122. The molecular weight excluding hydrogens is 388 g/mol. The number of hydrogen-bond donors (Lipinski definition) is 1. The van der Waals surface area contributed by atoms with Crippen molar-refractivity contribution in [2.75, 3.05) is 7.11 Å². The van der Waals surface area contributed by atoms with Crippen molar-refractivity contribution in [3.05, 3.63) is 82.4 Å². The van der Waals surface area contributed by atoms with Gasteiger partial charge in [0.1, 0.15) is 5.75 Å². The van der Waals surface area contributed by atoms with Gasteiger partial charge in [-0.15, -0.1) is 0 Å². The first-order valence-electron chi connectivity index (χ1n) is 10.2. The molecule has 31 heavy (non-hydrogen) atoms. The molecule has 0 saturated carbocycles. The molecule has 6 heteroatoms. The maximum absolute atomic E-state index is 12.7. The maximum Gasteiger partial charge on any atom is 0.251 e. The zero-order valence-corrected chi connectivity index (χ0v) is 18.5. The predicted molar refractivity (Wildman–Crippen MR) is 122 cm³/mol. The number of hydrogen-bond acceptors (Lipinski definition) is 4. The van der Waals surface area contributed by atoms with Crippen molar-refractivity contribution in [1.29, 1.82) is 0 Å². The molecule has 1 N–H and O–H groups in total. The Bertz CT molecular complexity index is 1230. The smallest absolute Gasteiger partial charge is 0.251 e. The SMILES string of the molecule is COc1ccccc1CNC(=O)c1ccc(-n2c(C)c3c(C)nnc(C)c3c2C)cc1. The number of nitrogens with one attached hydrogen (secondary N) is 1. The third-order valence-corrected chi connectivity index (χ3v) is 5.74. The summed E-state index contributed by atoms with van der Waals surface area (Å²) < 4.78 is 7.55. The molecule has 6 nitrogen and oxygen atoms in total. The van der Waals surface area contributed by atoms with Crippen molar-refractivity contribution < 1.29 is 9.53 Å². The highest BCUT2D eigenvalue weighted by Crippen LogP contribution is 2.31. The van der Waals surface area contributed by atoms with Gasteiger partial charge in [0.15, 0.2) is 0 Å². The number of carbonyl (C=O) groups is 1. The largest absolute Gasteiger partial charge is 0.496 e. The third kappa shape index (κ3) is 3.65. The number of aromatic nitrogens is 3. The fourth-order valence-corrected chi connectivity index (χ4v) is 4.25. The quantitative estimate of drug-likeness (QED) is 0.518. The number of para-hydroxylation sites is 1. The molecule has 4 rings (SSSR count). The summed E-state index contributed by atoms with van der Waals surface area (Å²) in [5, 5.41) is 13.8. The van der Waals surface area contributed by atoms with Crippen LogP contribution in [-0.2, 0) is 6.54 Å². The zero-order valence-electron chi connectivity index (χ0n) is 18.5. The van der Waals surface area contributed by atoms with E-state index in [-0.39, 0.29) is 5.91 Å². The van der Waals surface area contributed by atoms with Crippen LogP contribution in [0.15, 0.2) is 48.5 Å².